The summed E-state index contributed by atoms with van der Waals surface area (Å²) in [6.07, 6.45) is 1.80. The maximum atomic E-state index is 5.36. The minimum Gasteiger partial charge on any atom is -0.493 e. The van der Waals surface area contributed by atoms with Gasteiger partial charge in [-0.1, -0.05) is 0 Å². The molecule has 1 saturated heterocycles. The lowest BCUT2D eigenvalue weighted by molar-refractivity contribution is 0.408. The molecule has 1 N–H and O–H groups in total. The summed E-state index contributed by atoms with van der Waals surface area (Å²) in [6, 6.07) is 2.61. The van der Waals surface area contributed by atoms with E-state index >= 15 is 0 Å². The van der Waals surface area contributed by atoms with Gasteiger partial charge in [0.2, 0.25) is 0 Å². The number of nitrogens with zero attached hydrogens (tertiary/aromatic N) is 2. The number of rotatable bonds is 2. The number of pyridine rings is 1. The van der Waals surface area contributed by atoms with Crippen molar-refractivity contribution in [2.24, 2.45) is 0 Å². The number of methoxy groups -OCH3 is 1. The topological polar surface area (TPSA) is 37.4 Å². The number of anilines is 1. The van der Waals surface area contributed by atoms with Crippen molar-refractivity contribution < 1.29 is 4.74 Å². The Hall–Kier alpha value is -1.29. The first kappa shape index (κ1) is 11.2. The Labute approximate surface area is 96.6 Å². The Kier molecular flexibility index (Phi) is 3.29. The van der Waals surface area contributed by atoms with Crippen molar-refractivity contribution in [3.63, 3.8) is 0 Å². The molecule has 0 spiro atoms. The number of hydrogen-bond acceptors (Lipinski definition) is 4. The first-order valence-electron chi connectivity index (χ1n) is 5.69. The maximum absolute atomic E-state index is 5.36. The lowest BCUT2D eigenvalue weighted by Gasteiger charge is -2.34. The molecule has 1 aliphatic heterocycles. The van der Waals surface area contributed by atoms with Crippen LogP contribution in [-0.2, 0) is 0 Å². The van der Waals surface area contributed by atoms with Gasteiger partial charge in [0.15, 0.2) is 5.75 Å². The predicted octanol–water partition coefficient (Wildman–Crippen LogP) is 1.20. The van der Waals surface area contributed by atoms with Crippen LogP contribution in [0.1, 0.15) is 12.6 Å². The molecule has 88 valence electrons. The zero-order valence-corrected chi connectivity index (χ0v) is 10.2. The van der Waals surface area contributed by atoms with Crippen LogP contribution in [0.4, 0.5) is 5.69 Å². The van der Waals surface area contributed by atoms with Gasteiger partial charge in [0.25, 0.3) is 0 Å². The average Bonchev–Trinajstić information content (AvgIpc) is 2.29. The second-order valence-corrected chi connectivity index (χ2v) is 4.30. The van der Waals surface area contributed by atoms with Crippen molar-refractivity contribution in [2.75, 3.05) is 31.6 Å². The number of aromatic nitrogens is 1. The van der Waals surface area contributed by atoms with Crippen molar-refractivity contribution in [1.29, 1.82) is 0 Å². The lowest BCUT2D eigenvalue weighted by atomic mass is 10.2. The van der Waals surface area contributed by atoms with Gasteiger partial charge in [-0.05, 0) is 19.9 Å². The van der Waals surface area contributed by atoms with Crippen LogP contribution in [0.2, 0.25) is 0 Å². The van der Waals surface area contributed by atoms with Crippen molar-refractivity contribution in [1.82, 2.24) is 10.3 Å². The van der Waals surface area contributed by atoms with Crippen molar-refractivity contribution in [3.05, 3.63) is 18.0 Å². The zero-order valence-electron chi connectivity index (χ0n) is 10.2. The molecule has 16 heavy (non-hydrogen) atoms. The third-order valence-corrected chi connectivity index (χ3v) is 2.91. The van der Waals surface area contributed by atoms with Crippen LogP contribution >= 0.6 is 0 Å². The van der Waals surface area contributed by atoms with E-state index in [1.165, 1.54) is 0 Å². The van der Waals surface area contributed by atoms with Crippen LogP contribution in [0.3, 0.4) is 0 Å². The van der Waals surface area contributed by atoms with E-state index in [2.05, 4.69) is 28.2 Å². The van der Waals surface area contributed by atoms with Crippen LogP contribution in [0, 0.1) is 6.92 Å². The smallest absolute Gasteiger partial charge is 0.160 e. The fourth-order valence-corrected chi connectivity index (χ4v) is 2.09. The van der Waals surface area contributed by atoms with E-state index in [1.807, 2.05) is 6.92 Å². The number of aryl methyl sites for hydroxylation is 1. The van der Waals surface area contributed by atoms with E-state index in [9.17, 15) is 0 Å². The molecule has 1 aliphatic rings. The lowest BCUT2D eigenvalue weighted by Crippen LogP contribution is -2.49. The summed E-state index contributed by atoms with van der Waals surface area (Å²) in [4.78, 5) is 6.61. The molecule has 1 aromatic heterocycles. The Bertz CT molecular complexity index is 367. The van der Waals surface area contributed by atoms with Gasteiger partial charge in [0.1, 0.15) is 0 Å². The fraction of sp³-hybridized carbons (Fsp3) is 0.583. The first-order valence-corrected chi connectivity index (χ1v) is 5.69. The second-order valence-electron chi connectivity index (χ2n) is 4.30. The number of ether oxygens (including phenoxy) is 1. The van der Waals surface area contributed by atoms with E-state index in [4.69, 9.17) is 4.74 Å². The summed E-state index contributed by atoms with van der Waals surface area (Å²) >= 11 is 0. The summed E-state index contributed by atoms with van der Waals surface area (Å²) in [6.45, 7) is 7.26. The molecule has 4 nitrogen and oxygen atoms in total. The van der Waals surface area contributed by atoms with Crippen molar-refractivity contribution in [2.45, 2.75) is 19.9 Å². The van der Waals surface area contributed by atoms with Gasteiger partial charge >= 0.3 is 0 Å². The number of hydrogen-bond donors (Lipinski definition) is 1. The van der Waals surface area contributed by atoms with Crippen LogP contribution in [0.15, 0.2) is 12.3 Å². The van der Waals surface area contributed by atoms with Crippen LogP contribution in [0.25, 0.3) is 0 Å². The third kappa shape index (κ3) is 2.27. The van der Waals surface area contributed by atoms with E-state index in [1.54, 1.807) is 13.3 Å². The second kappa shape index (κ2) is 4.70. The van der Waals surface area contributed by atoms with Gasteiger partial charge in [0.05, 0.1) is 19.0 Å². The summed E-state index contributed by atoms with van der Waals surface area (Å²) in [5, 5.41) is 3.44. The molecular weight excluding hydrogens is 202 g/mol. The molecule has 2 heterocycles. The van der Waals surface area contributed by atoms with Crippen LogP contribution in [-0.4, -0.2) is 37.8 Å². The zero-order chi connectivity index (χ0) is 11.5. The molecule has 1 fully saturated rings. The molecule has 0 radical (unpaired) electrons. The fourth-order valence-electron chi connectivity index (χ4n) is 2.09. The van der Waals surface area contributed by atoms with E-state index in [0.717, 1.165) is 36.8 Å². The highest BCUT2D eigenvalue weighted by molar-refractivity contribution is 5.58. The Morgan fingerprint density at radius 1 is 1.56 bits per heavy atom. The predicted molar refractivity (Wildman–Crippen MR) is 65.2 cm³/mol. The molecule has 1 aromatic rings. The summed E-state index contributed by atoms with van der Waals surface area (Å²) in [5.74, 6) is 0.861. The molecule has 1 atom stereocenters. The van der Waals surface area contributed by atoms with E-state index < -0.39 is 0 Å². The molecule has 2 rings (SSSR count). The van der Waals surface area contributed by atoms with Gasteiger partial charge in [-0.2, -0.15) is 0 Å². The normalized spacial score (nSPS) is 20.9. The summed E-state index contributed by atoms with van der Waals surface area (Å²) < 4.78 is 5.36. The van der Waals surface area contributed by atoms with Crippen LogP contribution in [0.5, 0.6) is 5.75 Å². The SMILES string of the molecule is COc1cnc(C)cc1N1CCN[C@@H](C)C1. The molecule has 0 saturated carbocycles. The molecule has 4 heteroatoms. The first-order chi connectivity index (χ1) is 7.70. The molecular formula is C12H19N3O. The van der Waals surface area contributed by atoms with Gasteiger partial charge in [-0.15, -0.1) is 0 Å². The Morgan fingerprint density at radius 3 is 3.06 bits per heavy atom. The molecule has 0 aliphatic carbocycles. The maximum Gasteiger partial charge on any atom is 0.160 e. The highest BCUT2D eigenvalue weighted by Gasteiger charge is 2.19. The number of nitrogens with one attached hydrogen (secondary N) is 1. The monoisotopic (exact) mass is 221 g/mol. The van der Waals surface area contributed by atoms with Gasteiger partial charge < -0.3 is 15.0 Å². The molecule has 0 bridgehead atoms. The van der Waals surface area contributed by atoms with Gasteiger partial charge in [-0.3, -0.25) is 4.98 Å². The summed E-state index contributed by atoms with van der Waals surface area (Å²) in [7, 11) is 1.70. The Balaban J connectivity index is 2.26. The third-order valence-electron chi connectivity index (χ3n) is 2.91. The molecule has 0 amide bonds. The van der Waals surface area contributed by atoms with Crippen molar-refractivity contribution in [3.8, 4) is 5.75 Å². The minimum atomic E-state index is 0.520. The molecule has 0 aromatic carbocycles. The highest BCUT2D eigenvalue weighted by Crippen LogP contribution is 2.28. The summed E-state index contributed by atoms with van der Waals surface area (Å²) in [5.41, 5.74) is 2.19. The van der Waals surface area contributed by atoms with Crippen LogP contribution < -0.4 is 15.0 Å². The Morgan fingerprint density at radius 2 is 2.38 bits per heavy atom. The quantitative estimate of drug-likeness (QED) is 0.814. The van der Waals surface area contributed by atoms with Gasteiger partial charge in [0, 0.05) is 31.4 Å². The molecule has 0 unspecified atom stereocenters. The minimum absolute atomic E-state index is 0.520. The largest absolute Gasteiger partial charge is 0.493 e. The average molecular weight is 221 g/mol. The van der Waals surface area contributed by atoms with E-state index in [-0.39, 0.29) is 0 Å². The van der Waals surface area contributed by atoms with Gasteiger partial charge in [-0.25, -0.2) is 0 Å². The van der Waals surface area contributed by atoms with Crippen molar-refractivity contribution >= 4 is 5.69 Å². The standard InChI is InChI=1S/C12H19N3O/c1-9-6-11(12(16-3)7-14-9)15-5-4-13-10(2)8-15/h6-7,10,13H,4-5,8H2,1-3H3/t10-/m0/s1. The van der Waals surface area contributed by atoms with E-state index in [0.29, 0.717) is 6.04 Å². The highest BCUT2D eigenvalue weighted by atomic mass is 16.5. The number of piperazine rings is 1.